The first kappa shape index (κ1) is 9.95. The Morgan fingerprint density at radius 3 is 1.75 bits per heavy atom. The first-order chi connectivity index (χ1) is 5.39. The Balaban J connectivity index is 3.27. The molecule has 0 heterocycles. The van der Waals surface area contributed by atoms with Crippen molar-refractivity contribution in [2.24, 2.45) is 0 Å². The molecule has 1 aromatic carbocycles. The van der Waals surface area contributed by atoms with Gasteiger partial charge in [-0.05, 0) is 38.5 Å². The molecule has 1 aromatic rings. The standard InChI is InChI=1S/C10H15PS/c1-8-5-9(2)7-10(6-8)11(3,4)12/h5-7H,1-4H3. The summed E-state index contributed by atoms with van der Waals surface area (Å²) < 4.78 is 0. The van der Waals surface area contributed by atoms with Crippen molar-refractivity contribution in [1.82, 2.24) is 0 Å². The average molecular weight is 198 g/mol. The minimum Gasteiger partial charge on any atom is -0.0931 e. The van der Waals surface area contributed by atoms with Crippen molar-refractivity contribution < 1.29 is 0 Å². The van der Waals surface area contributed by atoms with Gasteiger partial charge in [0.1, 0.15) is 0 Å². The third-order valence-corrected chi connectivity index (χ3v) is 3.96. The highest BCUT2D eigenvalue weighted by atomic mass is 32.4. The highest BCUT2D eigenvalue weighted by molar-refractivity contribution is 8.17. The third kappa shape index (κ3) is 2.43. The zero-order valence-electron chi connectivity index (χ0n) is 8.09. The molecule has 0 atom stereocenters. The van der Waals surface area contributed by atoms with Crippen molar-refractivity contribution in [2.45, 2.75) is 13.8 Å². The van der Waals surface area contributed by atoms with Crippen LogP contribution in [0.1, 0.15) is 11.1 Å². The first-order valence-corrected chi connectivity index (χ1v) is 7.73. The molecule has 0 N–H and O–H groups in total. The summed E-state index contributed by atoms with van der Waals surface area (Å²) in [7, 11) is 0. The van der Waals surface area contributed by atoms with Gasteiger partial charge in [0.15, 0.2) is 0 Å². The molecule has 0 aliphatic heterocycles. The Kier molecular flexibility index (Phi) is 2.75. The average Bonchev–Trinajstić information content (AvgIpc) is 1.82. The Morgan fingerprint density at radius 2 is 1.42 bits per heavy atom. The second kappa shape index (κ2) is 3.32. The molecule has 0 unspecified atom stereocenters. The maximum atomic E-state index is 5.48. The van der Waals surface area contributed by atoms with Gasteiger partial charge in [0.05, 0.1) is 0 Å². The molecule has 0 aliphatic carbocycles. The van der Waals surface area contributed by atoms with Crippen LogP contribution in [0.25, 0.3) is 0 Å². The molecule has 0 nitrogen and oxygen atoms in total. The van der Waals surface area contributed by atoms with Crippen LogP contribution in [0.2, 0.25) is 0 Å². The Hall–Kier alpha value is -0.130. The zero-order valence-corrected chi connectivity index (χ0v) is 9.80. The lowest BCUT2D eigenvalue weighted by Gasteiger charge is -2.12. The van der Waals surface area contributed by atoms with Gasteiger partial charge in [-0.25, -0.2) is 0 Å². The fourth-order valence-electron chi connectivity index (χ4n) is 1.26. The van der Waals surface area contributed by atoms with Crippen LogP contribution < -0.4 is 5.30 Å². The van der Waals surface area contributed by atoms with Gasteiger partial charge >= 0.3 is 0 Å². The second-order valence-electron chi connectivity index (χ2n) is 3.70. The molecule has 0 aromatic heterocycles. The Bertz CT molecular complexity index is 315. The molecule has 12 heavy (non-hydrogen) atoms. The summed E-state index contributed by atoms with van der Waals surface area (Å²) in [6.45, 7) is 8.61. The van der Waals surface area contributed by atoms with Gasteiger partial charge in [-0.1, -0.05) is 41.1 Å². The van der Waals surface area contributed by atoms with E-state index in [1.165, 1.54) is 16.4 Å². The fourth-order valence-corrected chi connectivity index (χ4v) is 2.61. The van der Waals surface area contributed by atoms with Crippen LogP contribution in [-0.2, 0) is 11.8 Å². The Labute approximate surface area is 80.0 Å². The molecule has 1 rings (SSSR count). The lowest BCUT2D eigenvalue weighted by atomic mass is 10.2. The maximum Gasteiger partial charge on any atom is -0.0142 e. The van der Waals surface area contributed by atoms with Crippen LogP contribution >= 0.6 is 6.04 Å². The van der Waals surface area contributed by atoms with Crippen molar-refractivity contribution in [1.29, 1.82) is 0 Å². The maximum absolute atomic E-state index is 5.48. The van der Waals surface area contributed by atoms with Crippen molar-refractivity contribution in [3.8, 4) is 0 Å². The summed E-state index contributed by atoms with van der Waals surface area (Å²) in [5.41, 5.74) is 2.64. The van der Waals surface area contributed by atoms with Gasteiger partial charge in [-0.15, -0.1) is 0 Å². The van der Waals surface area contributed by atoms with Gasteiger partial charge < -0.3 is 0 Å². The van der Waals surface area contributed by atoms with Crippen LogP contribution in [0.15, 0.2) is 18.2 Å². The summed E-state index contributed by atoms with van der Waals surface area (Å²) in [4.78, 5) is 0. The van der Waals surface area contributed by atoms with Crippen LogP contribution in [-0.4, -0.2) is 13.3 Å². The minimum atomic E-state index is -1.24. The lowest BCUT2D eigenvalue weighted by Crippen LogP contribution is -2.03. The smallest absolute Gasteiger partial charge is 0.0142 e. The predicted molar refractivity (Wildman–Crippen MR) is 61.7 cm³/mol. The molecular formula is C10H15PS. The van der Waals surface area contributed by atoms with Gasteiger partial charge in [-0.2, -0.15) is 0 Å². The van der Waals surface area contributed by atoms with Crippen molar-refractivity contribution in [3.05, 3.63) is 29.3 Å². The van der Waals surface area contributed by atoms with Crippen molar-refractivity contribution in [2.75, 3.05) is 13.3 Å². The summed E-state index contributed by atoms with van der Waals surface area (Å²) in [6.07, 6.45) is 0. The van der Waals surface area contributed by atoms with Crippen molar-refractivity contribution in [3.63, 3.8) is 0 Å². The topological polar surface area (TPSA) is 0 Å². The number of aryl methyl sites for hydroxylation is 2. The molecule has 0 radical (unpaired) electrons. The van der Waals surface area contributed by atoms with E-state index < -0.39 is 6.04 Å². The third-order valence-electron chi connectivity index (χ3n) is 1.83. The van der Waals surface area contributed by atoms with Crippen LogP contribution in [0.3, 0.4) is 0 Å². The summed E-state index contributed by atoms with van der Waals surface area (Å²) in [6, 6.07) is 5.38. The van der Waals surface area contributed by atoms with Gasteiger partial charge in [0, 0.05) is 0 Å². The molecule has 66 valence electrons. The van der Waals surface area contributed by atoms with Gasteiger partial charge in [-0.3, -0.25) is 0 Å². The number of benzene rings is 1. The van der Waals surface area contributed by atoms with Crippen LogP contribution in [0, 0.1) is 13.8 Å². The highest BCUT2D eigenvalue weighted by Crippen LogP contribution is 2.35. The molecule has 0 spiro atoms. The summed E-state index contributed by atoms with van der Waals surface area (Å²) in [5.74, 6) is 0. The number of rotatable bonds is 1. The molecule has 0 aliphatic rings. The normalized spacial score (nSPS) is 11.7. The SMILES string of the molecule is Cc1cc(C)cc(P(C)(C)=S)c1. The van der Waals surface area contributed by atoms with Gasteiger partial charge in [0.2, 0.25) is 0 Å². The van der Waals surface area contributed by atoms with Crippen molar-refractivity contribution >= 4 is 23.1 Å². The molecule has 0 bridgehead atoms. The predicted octanol–water partition coefficient (Wildman–Crippen LogP) is 2.67. The van der Waals surface area contributed by atoms with E-state index in [0.29, 0.717) is 0 Å². The van der Waals surface area contributed by atoms with E-state index in [0.717, 1.165) is 0 Å². The molecular weight excluding hydrogens is 183 g/mol. The molecule has 0 amide bonds. The molecule has 0 saturated carbocycles. The quantitative estimate of drug-likeness (QED) is 0.625. The zero-order chi connectivity index (χ0) is 9.35. The first-order valence-electron chi connectivity index (χ1n) is 4.03. The largest absolute Gasteiger partial charge is 0.0931 e. The second-order valence-corrected chi connectivity index (χ2v) is 9.65. The molecule has 0 saturated heterocycles. The van der Waals surface area contributed by atoms with Gasteiger partial charge in [0.25, 0.3) is 0 Å². The molecule has 0 fully saturated rings. The van der Waals surface area contributed by atoms with Crippen LogP contribution in [0.5, 0.6) is 0 Å². The van der Waals surface area contributed by atoms with E-state index in [1.807, 2.05) is 0 Å². The van der Waals surface area contributed by atoms with E-state index in [4.69, 9.17) is 11.8 Å². The van der Waals surface area contributed by atoms with E-state index >= 15 is 0 Å². The monoisotopic (exact) mass is 198 g/mol. The van der Waals surface area contributed by atoms with E-state index in [2.05, 4.69) is 45.4 Å². The summed E-state index contributed by atoms with van der Waals surface area (Å²) >= 11 is 5.48. The minimum absolute atomic E-state index is 1.24. The number of hydrogen-bond acceptors (Lipinski definition) is 1. The highest BCUT2D eigenvalue weighted by Gasteiger charge is 2.06. The molecule has 2 heteroatoms. The van der Waals surface area contributed by atoms with E-state index in [1.54, 1.807) is 0 Å². The lowest BCUT2D eigenvalue weighted by molar-refractivity contribution is 1.40. The number of hydrogen-bond donors (Lipinski definition) is 0. The Morgan fingerprint density at radius 1 is 1.00 bits per heavy atom. The summed E-state index contributed by atoms with van der Waals surface area (Å²) in [5, 5.41) is 1.36. The fraction of sp³-hybridized carbons (Fsp3) is 0.400. The van der Waals surface area contributed by atoms with Crippen LogP contribution in [0.4, 0.5) is 0 Å². The van der Waals surface area contributed by atoms with E-state index in [-0.39, 0.29) is 0 Å². The van der Waals surface area contributed by atoms with E-state index in [9.17, 15) is 0 Å².